The van der Waals surface area contributed by atoms with Gasteiger partial charge in [0, 0.05) is 11.8 Å². The van der Waals surface area contributed by atoms with E-state index >= 15 is 0 Å². The second-order valence-corrected chi connectivity index (χ2v) is 9.83. The van der Waals surface area contributed by atoms with Crippen molar-refractivity contribution < 1.29 is 19.3 Å². The van der Waals surface area contributed by atoms with Crippen LogP contribution in [0.25, 0.3) is 22.3 Å². The number of aliphatic hydroxyl groups excluding tert-OH is 1. The van der Waals surface area contributed by atoms with Crippen LogP contribution in [0.4, 0.5) is 5.82 Å². The number of nitrogens with one attached hydrogen (secondary N) is 2. The smallest absolute Gasteiger partial charge is 0.296 e. The standard InChI is InChI=1S/C26H24ClN5O4/c27-16-9-18-25(32-26(30-18)36-20-12-35-22-19(33)11-34-23(20)22)31-24(16)29-17-7-6-14-8-15(10-28-21(14)17)13-4-2-1-3-5-13/h1-5,8-10,17,19-20,22-23,33H,6-7,11-12H2,(H2,29,30,31,32)/t17?,19-,20-,22-,23-/m1/s1. The number of imidazole rings is 1. The van der Waals surface area contributed by atoms with Gasteiger partial charge in [0.1, 0.15) is 24.1 Å². The topological polar surface area (TPSA) is 114 Å². The molecule has 9 nitrogen and oxygen atoms in total. The number of aliphatic hydroxyl groups is 1. The van der Waals surface area contributed by atoms with E-state index in [1.807, 2.05) is 24.4 Å². The second kappa shape index (κ2) is 8.70. The Morgan fingerprint density at radius 3 is 2.81 bits per heavy atom. The molecular formula is C26H24ClN5O4. The highest BCUT2D eigenvalue weighted by atomic mass is 35.5. The normalized spacial score (nSPS) is 26.8. The third kappa shape index (κ3) is 3.79. The third-order valence-corrected chi connectivity index (χ3v) is 7.39. The number of aromatic nitrogens is 4. The van der Waals surface area contributed by atoms with E-state index in [4.69, 9.17) is 30.8 Å². The molecule has 2 aliphatic heterocycles. The Kier molecular flexibility index (Phi) is 5.32. The summed E-state index contributed by atoms with van der Waals surface area (Å²) in [6.07, 6.45) is 2.09. The summed E-state index contributed by atoms with van der Waals surface area (Å²) in [6.45, 7) is 0.568. The van der Waals surface area contributed by atoms with Crippen molar-refractivity contribution in [2.75, 3.05) is 18.5 Å². The van der Waals surface area contributed by atoms with Crippen LogP contribution in [-0.2, 0) is 15.9 Å². The van der Waals surface area contributed by atoms with Crippen LogP contribution in [-0.4, -0.2) is 62.7 Å². The van der Waals surface area contributed by atoms with E-state index in [0.29, 0.717) is 34.6 Å². The zero-order valence-electron chi connectivity index (χ0n) is 19.2. The highest BCUT2D eigenvalue weighted by Crippen LogP contribution is 2.37. The molecule has 3 aromatic heterocycles. The first kappa shape index (κ1) is 22.0. The quantitative estimate of drug-likeness (QED) is 0.376. The fraction of sp³-hybridized carbons (Fsp3) is 0.346. The molecule has 7 rings (SSSR count). The minimum atomic E-state index is -0.631. The lowest BCUT2D eigenvalue weighted by Gasteiger charge is -2.15. The Balaban J connectivity index is 1.10. The number of aromatic amines is 1. The van der Waals surface area contributed by atoms with E-state index in [1.165, 1.54) is 5.56 Å². The molecule has 4 aromatic rings. The van der Waals surface area contributed by atoms with Gasteiger partial charge in [0.25, 0.3) is 6.01 Å². The SMILES string of the molecule is O[C@@H]1CO[C@H]2[C@@H]1OC[C@H]2Oc1nc2nc(NC3CCc4cc(-c5ccccc5)cnc43)c(Cl)cc2[nH]1. The maximum atomic E-state index is 9.94. The summed E-state index contributed by atoms with van der Waals surface area (Å²) in [5, 5.41) is 13.9. The number of anilines is 1. The molecule has 2 saturated heterocycles. The highest BCUT2D eigenvalue weighted by Gasteiger charge is 2.48. The molecular weight excluding hydrogens is 482 g/mol. The highest BCUT2D eigenvalue weighted by molar-refractivity contribution is 6.33. The van der Waals surface area contributed by atoms with E-state index < -0.39 is 6.10 Å². The summed E-state index contributed by atoms with van der Waals surface area (Å²) >= 11 is 6.58. The van der Waals surface area contributed by atoms with Gasteiger partial charge in [-0.25, -0.2) is 4.98 Å². The number of halogens is 1. The van der Waals surface area contributed by atoms with Crippen molar-refractivity contribution in [2.24, 2.45) is 0 Å². The lowest BCUT2D eigenvalue weighted by molar-refractivity contribution is 0.00706. The Hall–Kier alpha value is -3.24. The maximum absolute atomic E-state index is 9.94. The second-order valence-electron chi connectivity index (χ2n) is 9.42. The number of fused-ring (bicyclic) bond motifs is 3. The molecule has 0 saturated carbocycles. The van der Waals surface area contributed by atoms with Crippen LogP contribution in [0.5, 0.6) is 6.01 Å². The molecule has 1 aromatic carbocycles. The number of hydrogen-bond acceptors (Lipinski definition) is 8. The number of rotatable bonds is 5. The Morgan fingerprint density at radius 2 is 1.92 bits per heavy atom. The molecule has 3 N–H and O–H groups in total. The van der Waals surface area contributed by atoms with Crippen LogP contribution in [0, 0.1) is 0 Å². The molecule has 36 heavy (non-hydrogen) atoms. The first-order chi connectivity index (χ1) is 17.6. The number of pyridine rings is 2. The zero-order valence-corrected chi connectivity index (χ0v) is 20.0. The van der Waals surface area contributed by atoms with Gasteiger partial charge in [0.2, 0.25) is 0 Å². The summed E-state index contributed by atoms with van der Waals surface area (Å²) < 4.78 is 17.2. The largest absolute Gasteiger partial charge is 0.456 e. The van der Waals surface area contributed by atoms with Crippen LogP contribution in [0.3, 0.4) is 0 Å². The minimum Gasteiger partial charge on any atom is -0.456 e. The average molecular weight is 506 g/mol. The van der Waals surface area contributed by atoms with Crippen molar-refractivity contribution in [3.8, 4) is 17.1 Å². The van der Waals surface area contributed by atoms with Crippen LogP contribution in [0.15, 0.2) is 48.7 Å². The van der Waals surface area contributed by atoms with E-state index in [9.17, 15) is 5.11 Å². The summed E-state index contributed by atoms with van der Waals surface area (Å²) in [5.74, 6) is 0.556. The fourth-order valence-corrected chi connectivity index (χ4v) is 5.51. The maximum Gasteiger partial charge on any atom is 0.296 e. The first-order valence-electron chi connectivity index (χ1n) is 12.1. The number of hydrogen-bond donors (Lipinski definition) is 3. The fourth-order valence-electron chi connectivity index (χ4n) is 5.31. The molecule has 10 heteroatoms. The van der Waals surface area contributed by atoms with Gasteiger partial charge in [-0.15, -0.1) is 0 Å². The molecule has 184 valence electrons. The van der Waals surface area contributed by atoms with Crippen molar-refractivity contribution in [1.82, 2.24) is 19.9 Å². The molecule has 0 spiro atoms. The summed E-state index contributed by atoms with van der Waals surface area (Å²) in [5.41, 5.74) is 5.69. The van der Waals surface area contributed by atoms with Gasteiger partial charge in [-0.2, -0.15) is 4.98 Å². The van der Waals surface area contributed by atoms with Crippen molar-refractivity contribution in [3.63, 3.8) is 0 Å². The lowest BCUT2D eigenvalue weighted by atomic mass is 10.0. The Bertz CT molecular complexity index is 1430. The monoisotopic (exact) mass is 505 g/mol. The van der Waals surface area contributed by atoms with E-state index in [0.717, 1.165) is 29.7 Å². The molecule has 1 unspecified atom stereocenters. The number of benzene rings is 1. The third-order valence-electron chi connectivity index (χ3n) is 7.10. The van der Waals surface area contributed by atoms with Crippen molar-refractivity contribution in [2.45, 2.75) is 43.3 Å². The van der Waals surface area contributed by atoms with Gasteiger partial charge in [-0.3, -0.25) is 4.98 Å². The van der Waals surface area contributed by atoms with Gasteiger partial charge in [0.15, 0.2) is 11.8 Å². The molecule has 5 atom stereocenters. The molecule has 0 amide bonds. The molecule has 0 radical (unpaired) electrons. The van der Waals surface area contributed by atoms with Crippen molar-refractivity contribution in [3.05, 3.63) is 64.9 Å². The van der Waals surface area contributed by atoms with Crippen LogP contribution in [0.1, 0.15) is 23.7 Å². The van der Waals surface area contributed by atoms with Crippen LogP contribution >= 0.6 is 11.6 Å². The predicted octanol–water partition coefficient (Wildman–Crippen LogP) is 3.68. The summed E-state index contributed by atoms with van der Waals surface area (Å²) in [4.78, 5) is 17.1. The van der Waals surface area contributed by atoms with Crippen molar-refractivity contribution in [1.29, 1.82) is 0 Å². The van der Waals surface area contributed by atoms with E-state index in [-0.39, 0.29) is 31.0 Å². The van der Waals surface area contributed by atoms with Crippen LogP contribution in [0.2, 0.25) is 5.02 Å². The average Bonchev–Trinajstić information content (AvgIpc) is 3.66. The van der Waals surface area contributed by atoms with Crippen molar-refractivity contribution >= 4 is 28.6 Å². The molecule has 1 aliphatic carbocycles. The van der Waals surface area contributed by atoms with E-state index in [2.05, 4.69) is 38.5 Å². The zero-order chi connectivity index (χ0) is 24.2. The molecule has 5 heterocycles. The van der Waals surface area contributed by atoms with Gasteiger partial charge < -0.3 is 29.6 Å². The number of ether oxygens (including phenoxy) is 3. The lowest BCUT2D eigenvalue weighted by Crippen LogP contribution is -2.34. The number of nitrogens with zero attached hydrogens (tertiary/aromatic N) is 3. The summed E-state index contributed by atoms with van der Waals surface area (Å²) in [6, 6.07) is 14.6. The molecule has 0 bridgehead atoms. The molecule has 3 aliphatic rings. The number of aryl methyl sites for hydroxylation is 1. The van der Waals surface area contributed by atoms with Gasteiger partial charge in [-0.05, 0) is 36.1 Å². The first-order valence-corrected chi connectivity index (χ1v) is 12.4. The minimum absolute atomic E-state index is 0.0143. The number of H-pyrrole nitrogens is 1. The Labute approximate surface area is 211 Å². The summed E-state index contributed by atoms with van der Waals surface area (Å²) in [7, 11) is 0. The molecule has 2 fully saturated rings. The van der Waals surface area contributed by atoms with Gasteiger partial charge in [-0.1, -0.05) is 41.9 Å². The Morgan fingerprint density at radius 1 is 1.06 bits per heavy atom. The van der Waals surface area contributed by atoms with Gasteiger partial charge >= 0.3 is 0 Å². The predicted molar refractivity (Wildman–Crippen MR) is 133 cm³/mol. The van der Waals surface area contributed by atoms with E-state index in [1.54, 1.807) is 6.07 Å². The van der Waals surface area contributed by atoms with Crippen LogP contribution < -0.4 is 10.1 Å². The van der Waals surface area contributed by atoms with Gasteiger partial charge in [0.05, 0.1) is 35.5 Å².